The molecule has 0 radical (unpaired) electrons. The molecular weight excluding hydrogens is 275 g/mol. The second-order valence-electron chi connectivity index (χ2n) is 4.46. The number of halogens is 2. The minimum absolute atomic E-state index is 0.0356. The van der Waals surface area contributed by atoms with Crippen LogP contribution in [0.4, 0.5) is 0 Å². The van der Waals surface area contributed by atoms with Crippen LogP contribution in [0.25, 0.3) is 0 Å². The molecule has 1 aromatic heterocycles. The third kappa shape index (κ3) is 2.94. The average Bonchev–Trinajstić information content (AvgIpc) is 2.30. The van der Waals surface area contributed by atoms with Crippen LogP contribution in [0.2, 0.25) is 10.2 Å². The van der Waals surface area contributed by atoms with Crippen molar-refractivity contribution in [1.82, 2.24) is 9.88 Å². The molecule has 2 atom stereocenters. The van der Waals surface area contributed by atoms with Gasteiger partial charge in [-0.05, 0) is 19.9 Å². The van der Waals surface area contributed by atoms with E-state index in [2.05, 4.69) is 4.98 Å². The summed E-state index contributed by atoms with van der Waals surface area (Å²) in [4.78, 5) is 17.9. The number of amides is 1. The lowest BCUT2D eigenvalue weighted by Crippen LogP contribution is -2.48. The van der Waals surface area contributed by atoms with Crippen molar-refractivity contribution in [1.29, 1.82) is 0 Å². The third-order valence-corrected chi connectivity index (χ3v) is 3.44. The highest BCUT2D eigenvalue weighted by Crippen LogP contribution is 2.21. The van der Waals surface area contributed by atoms with Crippen LogP contribution in [0.5, 0.6) is 0 Å². The molecular formula is C12H14Cl2N2O2. The Morgan fingerprint density at radius 3 is 2.56 bits per heavy atom. The molecule has 1 saturated heterocycles. The van der Waals surface area contributed by atoms with Crippen LogP contribution in [0, 0.1) is 0 Å². The first-order valence-electron chi connectivity index (χ1n) is 5.73. The van der Waals surface area contributed by atoms with E-state index in [1.807, 2.05) is 13.8 Å². The molecule has 0 saturated carbocycles. The van der Waals surface area contributed by atoms with Gasteiger partial charge in [0.15, 0.2) is 0 Å². The van der Waals surface area contributed by atoms with Gasteiger partial charge in [-0.3, -0.25) is 4.79 Å². The number of hydrogen-bond donors (Lipinski definition) is 0. The Bertz CT molecular complexity index is 457. The summed E-state index contributed by atoms with van der Waals surface area (Å²) in [6.45, 7) is 5.04. The molecule has 4 nitrogen and oxygen atoms in total. The van der Waals surface area contributed by atoms with Gasteiger partial charge in [0.05, 0.1) is 22.8 Å². The number of morpholine rings is 1. The van der Waals surface area contributed by atoms with E-state index in [9.17, 15) is 4.79 Å². The highest BCUT2D eigenvalue weighted by atomic mass is 35.5. The van der Waals surface area contributed by atoms with Gasteiger partial charge in [0, 0.05) is 19.3 Å². The molecule has 0 aliphatic carbocycles. The molecule has 1 aromatic rings. The molecule has 1 aliphatic heterocycles. The summed E-state index contributed by atoms with van der Waals surface area (Å²) in [5, 5.41) is 0.494. The van der Waals surface area contributed by atoms with Crippen LogP contribution in [-0.4, -0.2) is 41.1 Å². The molecule has 1 aliphatic rings. The minimum Gasteiger partial charge on any atom is -0.372 e. The number of carbonyl (C=O) groups is 1. The minimum atomic E-state index is -0.0944. The Morgan fingerprint density at radius 2 is 2.00 bits per heavy atom. The van der Waals surface area contributed by atoms with Crippen LogP contribution < -0.4 is 0 Å². The van der Waals surface area contributed by atoms with Crippen molar-refractivity contribution in [2.24, 2.45) is 0 Å². The zero-order valence-electron chi connectivity index (χ0n) is 10.2. The maximum absolute atomic E-state index is 12.3. The number of ether oxygens (including phenoxy) is 1. The zero-order chi connectivity index (χ0) is 13.3. The Hall–Kier alpha value is -0.840. The first-order valence-corrected chi connectivity index (χ1v) is 6.48. The lowest BCUT2D eigenvalue weighted by atomic mass is 10.2. The Balaban J connectivity index is 2.17. The highest BCUT2D eigenvalue weighted by Gasteiger charge is 2.26. The van der Waals surface area contributed by atoms with Crippen LogP contribution in [0.15, 0.2) is 12.3 Å². The van der Waals surface area contributed by atoms with Crippen LogP contribution >= 0.6 is 23.2 Å². The predicted octanol–water partition coefficient (Wildman–Crippen LogP) is 2.64. The first kappa shape index (κ1) is 13.6. The fraction of sp³-hybridized carbons (Fsp3) is 0.500. The molecule has 6 heteroatoms. The topological polar surface area (TPSA) is 42.4 Å². The Labute approximate surface area is 116 Å². The standard InChI is InChI=1S/C12H14Cl2N2O2/c1-7-5-16(6-8(2)18-7)12(17)9-3-10(13)11(14)15-4-9/h3-4,7-8H,5-6H2,1-2H3. The number of rotatable bonds is 1. The molecule has 2 rings (SSSR count). The molecule has 0 N–H and O–H groups in total. The summed E-state index contributed by atoms with van der Waals surface area (Å²) < 4.78 is 5.59. The largest absolute Gasteiger partial charge is 0.372 e. The number of hydrogen-bond acceptors (Lipinski definition) is 3. The summed E-state index contributed by atoms with van der Waals surface area (Å²) in [7, 11) is 0. The fourth-order valence-electron chi connectivity index (χ4n) is 2.06. The van der Waals surface area contributed by atoms with Crippen LogP contribution in [0.3, 0.4) is 0 Å². The summed E-state index contributed by atoms with van der Waals surface area (Å²) in [6.07, 6.45) is 1.52. The molecule has 0 aromatic carbocycles. The lowest BCUT2D eigenvalue weighted by molar-refractivity contribution is -0.0586. The molecule has 2 heterocycles. The van der Waals surface area contributed by atoms with Crippen molar-refractivity contribution in [2.75, 3.05) is 13.1 Å². The van der Waals surface area contributed by atoms with Gasteiger partial charge >= 0.3 is 0 Å². The number of nitrogens with zero attached hydrogens (tertiary/aromatic N) is 2. The molecule has 98 valence electrons. The van der Waals surface area contributed by atoms with Gasteiger partial charge in [0.1, 0.15) is 5.15 Å². The molecule has 2 unspecified atom stereocenters. The van der Waals surface area contributed by atoms with E-state index < -0.39 is 0 Å². The lowest BCUT2D eigenvalue weighted by Gasteiger charge is -2.35. The smallest absolute Gasteiger partial charge is 0.255 e. The van der Waals surface area contributed by atoms with Crippen molar-refractivity contribution in [3.8, 4) is 0 Å². The van der Waals surface area contributed by atoms with E-state index in [0.717, 1.165) is 0 Å². The van der Waals surface area contributed by atoms with Crippen molar-refractivity contribution in [3.05, 3.63) is 28.0 Å². The predicted molar refractivity (Wildman–Crippen MR) is 70.2 cm³/mol. The zero-order valence-corrected chi connectivity index (χ0v) is 11.7. The molecule has 0 bridgehead atoms. The maximum Gasteiger partial charge on any atom is 0.255 e. The normalized spacial score (nSPS) is 24.1. The summed E-state index contributed by atoms with van der Waals surface area (Å²) >= 11 is 11.6. The van der Waals surface area contributed by atoms with E-state index in [-0.39, 0.29) is 28.3 Å². The molecule has 18 heavy (non-hydrogen) atoms. The van der Waals surface area contributed by atoms with E-state index in [4.69, 9.17) is 27.9 Å². The Morgan fingerprint density at radius 1 is 1.39 bits per heavy atom. The van der Waals surface area contributed by atoms with Gasteiger partial charge in [-0.2, -0.15) is 0 Å². The van der Waals surface area contributed by atoms with Crippen molar-refractivity contribution in [2.45, 2.75) is 26.1 Å². The fourth-order valence-corrected chi connectivity index (χ4v) is 2.33. The van der Waals surface area contributed by atoms with Gasteiger partial charge in [-0.15, -0.1) is 0 Å². The van der Waals surface area contributed by atoms with Gasteiger partial charge < -0.3 is 9.64 Å². The second-order valence-corrected chi connectivity index (χ2v) is 5.23. The maximum atomic E-state index is 12.3. The van der Waals surface area contributed by atoms with Gasteiger partial charge in [0.2, 0.25) is 0 Å². The number of aromatic nitrogens is 1. The van der Waals surface area contributed by atoms with E-state index in [1.54, 1.807) is 11.0 Å². The van der Waals surface area contributed by atoms with Gasteiger partial charge in [0.25, 0.3) is 5.91 Å². The van der Waals surface area contributed by atoms with Crippen molar-refractivity contribution in [3.63, 3.8) is 0 Å². The summed E-state index contributed by atoms with van der Waals surface area (Å²) in [5.41, 5.74) is 0.450. The Kier molecular flexibility index (Phi) is 4.10. The summed E-state index contributed by atoms with van der Waals surface area (Å²) in [6, 6.07) is 1.55. The van der Waals surface area contributed by atoms with E-state index in [0.29, 0.717) is 18.7 Å². The number of carbonyl (C=O) groups excluding carboxylic acids is 1. The third-order valence-electron chi connectivity index (χ3n) is 2.75. The van der Waals surface area contributed by atoms with Gasteiger partial charge in [-0.25, -0.2) is 4.98 Å². The summed E-state index contributed by atoms with van der Waals surface area (Å²) in [5.74, 6) is -0.0944. The quantitative estimate of drug-likeness (QED) is 0.746. The number of pyridine rings is 1. The van der Waals surface area contributed by atoms with E-state index in [1.165, 1.54) is 6.20 Å². The van der Waals surface area contributed by atoms with Crippen LogP contribution in [-0.2, 0) is 4.74 Å². The second kappa shape index (κ2) is 5.43. The molecule has 1 amide bonds. The van der Waals surface area contributed by atoms with Crippen molar-refractivity contribution < 1.29 is 9.53 Å². The average molecular weight is 289 g/mol. The molecule has 0 spiro atoms. The van der Waals surface area contributed by atoms with E-state index >= 15 is 0 Å². The molecule has 1 fully saturated rings. The first-order chi connectivity index (χ1) is 8.47. The SMILES string of the molecule is CC1CN(C(=O)c2cnc(Cl)c(Cl)c2)CC(C)O1. The monoisotopic (exact) mass is 288 g/mol. The van der Waals surface area contributed by atoms with Gasteiger partial charge in [-0.1, -0.05) is 23.2 Å². The highest BCUT2D eigenvalue weighted by molar-refractivity contribution is 6.41. The van der Waals surface area contributed by atoms with Crippen LogP contribution in [0.1, 0.15) is 24.2 Å². The van der Waals surface area contributed by atoms with Crippen molar-refractivity contribution >= 4 is 29.1 Å².